The molecule has 1 atom stereocenters. The number of amides is 1. The van der Waals surface area contributed by atoms with Crippen LogP contribution in [0.2, 0.25) is 0 Å². The molecular weight excluding hydrogens is 314 g/mol. The molecule has 1 aromatic heterocycles. The first-order chi connectivity index (χ1) is 11.0. The molecule has 1 aliphatic heterocycles. The summed E-state index contributed by atoms with van der Waals surface area (Å²) in [6.45, 7) is 0.433. The molecule has 0 aliphatic carbocycles. The smallest absolute Gasteiger partial charge is 0.335 e. The number of hydrogen-bond acceptors (Lipinski definition) is 5. The molecule has 0 spiro atoms. The minimum absolute atomic E-state index is 0.0195. The molecule has 0 radical (unpaired) electrons. The third-order valence-electron chi connectivity index (χ3n) is 3.82. The van der Waals surface area contributed by atoms with Gasteiger partial charge in [0.15, 0.2) is 5.13 Å². The van der Waals surface area contributed by atoms with E-state index in [4.69, 9.17) is 5.11 Å². The van der Waals surface area contributed by atoms with Crippen molar-refractivity contribution >= 4 is 28.3 Å². The number of fused-ring (bicyclic) bond motifs is 1. The van der Waals surface area contributed by atoms with Crippen molar-refractivity contribution in [1.29, 1.82) is 0 Å². The van der Waals surface area contributed by atoms with Gasteiger partial charge in [-0.3, -0.25) is 4.79 Å². The number of carbonyl (C=O) groups excluding carboxylic acids is 1. The zero-order valence-corrected chi connectivity index (χ0v) is 13.7. The van der Waals surface area contributed by atoms with Crippen LogP contribution in [0.25, 0.3) is 0 Å². The zero-order valence-electron chi connectivity index (χ0n) is 12.9. The second-order valence-corrected chi connectivity index (χ2v) is 6.67. The highest BCUT2D eigenvalue weighted by atomic mass is 32.1. The molecule has 1 amide bonds. The third-order valence-corrected chi connectivity index (χ3v) is 5.20. The molecule has 0 fully saturated rings. The van der Waals surface area contributed by atoms with Crippen LogP contribution in [-0.2, 0) is 11.3 Å². The van der Waals surface area contributed by atoms with Crippen molar-refractivity contribution in [2.45, 2.75) is 18.9 Å². The summed E-state index contributed by atoms with van der Waals surface area (Å²) in [4.78, 5) is 30.6. The summed E-state index contributed by atoms with van der Waals surface area (Å²) < 4.78 is 0. The molecule has 23 heavy (non-hydrogen) atoms. The fourth-order valence-corrected chi connectivity index (χ4v) is 3.73. The number of carbonyl (C=O) groups is 2. The van der Waals surface area contributed by atoms with Crippen LogP contribution in [0, 0.1) is 0 Å². The van der Waals surface area contributed by atoms with Crippen LogP contribution < -0.4 is 10.2 Å². The SMILES string of the molecule is CN(C)c1nc2c(s1)[C@@H](c1ccc(C(=O)O)cc1)CC(=O)NC2. The van der Waals surface area contributed by atoms with E-state index >= 15 is 0 Å². The van der Waals surface area contributed by atoms with Crippen LogP contribution in [0.1, 0.15) is 38.8 Å². The van der Waals surface area contributed by atoms with Crippen molar-refractivity contribution in [3.63, 3.8) is 0 Å². The van der Waals surface area contributed by atoms with Crippen LogP contribution in [0.4, 0.5) is 5.13 Å². The Morgan fingerprint density at radius 1 is 1.35 bits per heavy atom. The summed E-state index contributed by atoms with van der Waals surface area (Å²) in [6, 6.07) is 6.72. The molecule has 3 rings (SSSR count). The van der Waals surface area contributed by atoms with Gasteiger partial charge in [0.25, 0.3) is 0 Å². The first kappa shape index (κ1) is 15.5. The summed E-state index contributed by atoms with van der Waals surface area (Å²) in [5.74, 6) is -1.07. The second-order valence-electron chi connectivity index (χ2n) is 5.66. The first-order valence-corrected chi connectivity index (χ1v) is 8.04. The Morgan fingerprint density at radius 3 is 2.65 bits per heavy atom. The van der Waals surface area contributed by atoms with E-state index < -0.39 is 5.97 Å². The van der Waals surface area contributed by atoms with Gasteiger partial charge in [-0.25, -0.2) is 9.78 Å². The molecular formula is C16H17N3O3S. The number of hydrogen-bond donors (Lipinski definition) is 2. The van der Waals surface area contributed by atoms with Crippen molar-refractivity contribution in [1.82, 2.24) is 10.3 Å². The maximum absolute atomic E-state index is 12.0. The third kappa shape index (κ3) is 3.05. The predicted molar refractivity (Wildman–Crippen MR) is 88.1 cm³/mol. The maximum atomic E-state index is 12.0. The highest BCUT2D eigenvalue weighted by Crippen LogP contribution is 2.38. The van der Waals surface area contributed by atoms with Gasteiger partial charge >= 0.3 is 5.97 Å². The van der Waals surface area contributed by atoms with Crippen molar-refractivity contribution in [3.05, 3.63) is 46.0 Å². The maximum Gasteiger partial charge on any atom is 0.335 e. The van der Waals surface area contributed by atoms with E-state index in [1.807, 2.05) is 19.0 Å². The van der Waals surface area contributed by atoms with Crippen LogP contribution in [0.3, 0.4) is 0 Å². The molecule has 1 aliphatic rings. The van der Waals surface area contributed by atoms with Gasteiger partial charge in [0.05, 0.1) is 17.8 Å². The van der Waals surface area contributed by atoms with E-state index in [1.54, 1.807) is 35.6 Å². The standard InChI is InChI=1S/C16H17N3O3S/c1-19(2)16-18-12-8-17-13(20)7-11(14(12)23-16)9-3-5-10(6-4-9)15(21)22/h3-6,11H,7-8H2,1-2H3,(H,17,20)(H,21,22)/t11-/m1/s1. The van der Waals surface area contributed by atoms with Crippen LogP contribution in [0.5, 0.6) is 0 Å². The van der Waals surface area contributed by atoms with Crippen LogP contribution in [-0.4, -0.2) is 36.1 Å². The number of aromatic nitrogens is 1. The lowest BCUT2D eigenvalue weighted by atomic mass is 9.93. The Labute approximate surface area is 137 Å². The number of thiazole rings is 1. The van der Waals surface area contributed by atoms with Gasteiger partial charge < -0.3 is 15.3 Å². The average molecular weight is 331 g/mol. The van der Waals surface area contributed by atoms with E-state index in [0.29, 0.717) is 13.0 Å². The number of carboxylic acids is 1. The number of nitrogens with zero attached hydrogens (tertiary/aromatic N) is 2. The van der Waals surface area contributed by atoms with Crippen molar-refractivity contribution in [3.8, 4) is 0 Å². The fraction of sp³-hybridized carbons (Fsp3) is 0.312. The Morgan fingerprint density at radius 2 is 2.04 bits per heavy atom. The van der Waals surface area contributed by atoms with Crippen molar-refractivity contribution < 1.29 is 14.7 Å². The first-order valence-electron chi connectivity index (χ1n) is 7.22. The van der Waals surface area contributed by atoms with Gasteiger partial charge in [0.1, 0.15) is 0 Å². The van der Waals surface area contributed by atoms with Crippen LogP contribution in [0.15, 0.2) is 24.3 Å². The van der Waals surface area contributed by atoms with E-state index in [0.717, 1.165) is 21.3 Å². The number of aromatic carboxylic acids is 1. The fourth-order valence-electron chi connectivity index (χ4n) is 2.60. The molecule has 2 N–H and O–H groups in total. The summed E-state index contributed by atoms with van der Waals surface area (Å²) in [6.07, 6.45) is 0.342. The van der Waals surface area contributed by atoms with E-state index in [-0.39, 0.29) is 17.4 Å². The number of carboxylic acid groups (broad SMARTS) is 1. The highest BCUT2D eigenvalue weighted by molar-refractivity contribution is 7.15. The lowest BCUT2D eigenvalue weighted by molar-refractivity contribution is -0.121. The van der Waals surface area contributed by atoms with Gasteiger partial charge in [-0.2, -0.15) is 0 Å². The number of nitrogens with one attached hydrogen (secondary N) is 1. The summed E-state index contributed by atoms with van der Waals surface area (Å²) in [7, 11) is 3.88. The predicted octanol–water partition coefficient (Wildman–Crippen LogP) is 2.06. The lowest BCUT2D eigenvalue weighted by Gasteiger charge is -2.14. The molecule has 0 unspecified atom stereocenters. The topological polar surface area (TPSA) is 82.5 Å². The van der Waals surface area contributed by atoms with E-state index in [9.17, 15) is 9.59 Å². The Hall–Kier alpha value is -2.41. The summed E-state index contributed by atoms with van der Waals surface area (Å²) in [5, 5.41) is 12.8. The Bertz CT molecular complexity index is 752. The molecule has 2 aromatic rings. The average Bonchev–Trinajstić information content (AvgIpc) is 2.88. The Kier molecular flexibility index (Phi) is 4.04. The van der Waals surface area contributed by atoms with E-state index in [1.165, 1.54) is 0 Å². The minimum atomic E-state index is -0.955. The van der Waals surface area contributed by atoms with Crippen molar-refractivity contribution in [2.24, 2.45) is 0 Å². The zero-order chi connectivity index (χ0) is 16.6. The number of anilines is 1. The van der Waals surface area contributed by atoms with Gasteiger partial charge in [0.2, 0.25) is 5.91 Å². The second kappa shape index (κ2) is 6.00. The van der Waals surface area contributed by atoms with Gasteiger partial charge in [0, 0.05) is 31.3 Å². The molecule has 2 heterocycles. The number of benzene rings is 1. The molecule has 1 aromatic carbocycles. The van der Waals surface area contributed by atoms with Gasteiger partial charge in [-0.05, 0) is 17.7 Å². The lowest BCUT2D eigenvalue weighted by Crippen LogP contribution is -2.21. The van der Waals surface area contributed by atoms with Crippen molar-refractivity contribution in [2.75, 3.05) is 19.0 Å². The quantitative estimate of drug-likeness (QED) is 0.899. The summed E-state index contributed by atoms with van der Waals surface area (Å²) >= 11 is 1.58. The molecule has 0 bridgehead atoms. The normalized spacial score (nSPS) is 17.1. The molecule has 120 valence electrons. The molecule has 0 saturated carbocycles. The van der Waals surface area contributed by atoms with E-state index in [2.05, 4.69) is 10.3 Å². The number of rotatable bonds is 3. The highest BCUT2D eigenvalue weighted by Gasteiger charge is 2.28. The molecule has 6 nitrogen and oxygen atoms in total. The molecule has 0 saturated heterocycles. The van der Waals surface area contributed by atoms with Gasteiger partial charge in [-0.15, -0.1) is 11.3 Å². The van der Waals surface area contributed by atoms with Crippen LogP contribution >= 0.6 is 11.3 Å². The largest absolute Gasteiger partial charge is 0.478 e. The van der Waals surface area contributed by atoms with Gasteiger partial charge in [-0.1, -0.05) is 12.1 Å². The molecule has 7 heteroatoms. The monoisotopic (exact) mass is 331 g/mol. The summed E-state index contributed by atoms with van der Waals surface area (Å²) in [5.41, 5.74) is 2.06. The Balaban J connectivity index is 2.02. The minimum Gasteiger partial charge on any atom is -0.478 e.